The molecule has 1 unspecified atom stereocenters. The van der Waals surface area contributed by atoms with Crippen molar-refractivity contribution in [3.63, 3.8) is 0 Å². The molecule has 0 saturated carbocycles. The number of carbonyl (C=O) groups excluding carboxylic acids is 1. The fourth-order valence-electron chi connectivity index (χ4n) is 1.80. The van der Waals surface area contributed by atoms with E-state index in [1.807, 2.05) is 43.1 Å². The zero-order valence-electron chi connectivity index (χ0n) is 10.6. The van der Waals surface area contributed by atoms with Crippen molar-refractivity contribution in [1.82, 2.24) is 4.90 Å². The van der Waals surface area contributed by atoms with Gasteiger partial charge in [0.2, 0.25) is 0 Å². The highest BCUT2D eigenvalue weighted by Crippen LogP contribution is 2.21. The maximum absolute atomic E-state index is 12.2. The predicted octanol–water partition coefficient (Wildman–Crippen LogP) is 1.93. The van der Waals surface area contributed by atoms with Crippen molar-refractivity contribution >= 4 is 16.8 Å². The molecule has 0 amide bonds. The lowest BCUT2D eigenvalue weighted by Crippen LogP contribution is -2.36. The highest BCUT2D eigenvalue weighted by Gasteiger charge is 2.17. The van der Waals surface area contributed by atoms with Crippen LogP contribution in [0.4, 0.5) is 0 Å². The number of likely N-dealkylation sites (N-methyl/N-ethyl adjacent to an activating group) is 1. The van der Waals surface area contributed by atoms with Gasteiger partial charge in [0.15, 0.2) is 5.78 Å². The Balaban J connectivity index is 2.19. The van der Waals surface area contributed by atoms with Crippen LogP contribution in [-0.4, -0.2) is 42.0 Å². The molecule has 4 nitrogen and oxygen atoms in total. The average Bonchev–Trinajstić information content (AvgIpc) is 2.81. The van der Waals surface area contributed by atoms with E-state index in [-0.39, 0.29) is 25.0 Å². The second-order valence-corrected chi connectivity index (χ2v) is 4.52. The molecule has 0 radical (unpaired) electrons. The SMILES string of the molecule is CC(CO)N(C)CC(=O)c1coc2ccccc12. The van der Waals surface area contributed by atoms with Crippen LogP contribution in [0.1, 0.15) is 17.3 Å². The van der Waals surface area contributed by atoms with Crippen LogP contribution in [0.25, 0.3) is 11.0 Å². The Kier molecular flexibility index (Phi) is 3.79. The third-order valence-electron chi connectivity index (χ3n) is 3.19. The fraction of sp³-hybridized carbons (Fsp3) is 0.357. The number of Topliss-reactive ketones (excluding diaryl/α,β-unsaturated/α-hetero) is 1. The first-order chi connectivity index (χ1) is 8.63. The monoisotopic (exact) mass is 247 g/mol. The third kappa shape index (κ3) is 2.44. The summed E-state index contributed by atoms with van der Waals surface area (Å²) in [4.78, 5) is 14.0. The topological polar surface area (TPSA) is 53.7 Å². The van der Waals surface area contributed by atoms with Gasteiger partial charge >= 0.3 is 0 Å². The summed E-state index contributed by atoms with van der Waals surface area (Å²) in [5.41, 5.74) is 1.32. The number of aliphatic hydroxyl groups excluding tert-OH is 1. The Morgan fingerprint density at radius 2 is 2.17 bits per heavy atom. The Labute approximate surface area is 106 Å². The fourth-order valence-corrected chi connectivity index (χ4v) is 1.80. The smallest absolute Gasteiger partial charge is 0.180 e. The molecule has 18 heavy (non-hydrogen) atoms. The summed E-state index contributed by atoms with van der Waals surface area (Å²) in [5, 5.41) is 9.89. The lowest BCUT2D eigenvalue weighted by molar-refractivity contribution is 0.0891. The number of carbonyl (C=O) groups is 1. The molecule has 0 aliphatic rings. The van der Waals surface area contributed by atoms with Gasteiger partial charge in [-0.15, -0.1) is 0 Å². The van der Waals surface area contributed by atoms with Crippen LogP contribution < -0.4 is 0 Å². The van der Waals surface area contributed by atoms with Crippen molar-refractivity contribution in [2.24, 2.45) is 0 Å². The minimum absolute atomic E-state index is 0.00255. The van der Waals surface area contributed by atoms with Crippen LogP contribution in [0.2, 0.25) is 0 Å². The van der Waals surface area contributed by atoms with Crippen molar-refractivity contribution in [2.75, 3.05) is 20.2 Å². The molecule has 0 saturated heterocycles. The lowest BCUT2D eigenvalue weighted by Gasteiger charge is -2.21. The summed E-state index contributed by atoms with van der Waals surface area (Å²) in [6, 6.07) is 7.44. The van der Waals surface area contributed by atoms with Gasteiger partial charge < -0.3 is 9.52 Å². The van der Waals surface area contributed by atoms with Crippen LogP contribution in [0, 0.1) is 0 Å². The Morgan fingerprint density at radius 3 is 2.89 bits per heavy atom. The molecular weight excluding hydrogens is 230 g/mol. The first-order valence-corrected chi connectivity index (χ1v) is 5.94. The Bertz CT molecular complexity index is 547. The van der Waals surface area contributed by atoms with Crippen molar-refractivity contribution in [3.05, 3.63) is 36.1 Å². The molecule has 1 aromatic carbocycles. The van der Waals surface area contributed by atoms with Gasteiger partial charge in [-0.25, -0.2) is 0 Å². The van der Waals surface area contributed by atoms with Crippen molar-refractivity contribution in [3.8, 4) is 0 Å². The maximum Gasteiger partial charge on any atom is 0.180 e. The molecule has 4 heteroatoms. The molecular formula is C14H17NO3. The van der Waals surface area contributed by atoms with Gasteiger partial charge in [0, 0.05) is 11.4 Å². The predicted molar refractivity (Wildman–Crippen MR) is 69.7 cm³/mol. The molecule has 0 aliphatic heterocycles. The van der Waals surface area contributed by atoms with E-state index >= 15 is 0 Å². The number of benzene rings is 1. The van der Waals surface area contributed by atoms with Gasteiger partial charge in [0.1, 0.15) is 11.8 Å². The van der Waals surface area contributed by atoms with Gasteiger partial charge in [0.05, 0.1) is 18.7 Å². The van der Waals surface area contributed by atoms with E-state index in [2.05, 4.69) is 0 Å². The first kappa shape index (κ1) is 12.8. The second kappa shape index (κ2) is 5.33. The van der Waals surface area contributed by atoms with Gasteiger partial charge in [-0.2, -0.15) is 0 Å². The van der Waals surface area contributed by atoms with Crippen molar-refractivity contribution < 1.29 is 14.3 Å². The van der Waals surface area contributed by atoms with Gasteiger partial charge in [-0.1, -0.05) is 18.2 Å². The van der Waals surface area contributed by atoms with Crippen molar-refractivity contribution in [1.29, 1.82) is 0 Å². The van der Waals surface area contributed by atoms with Gasteiger partial charge in [-0.3, -0.25) is 9.69 Å². The number of para-hydroxylation sites is 1. The van der Waals surface area contributed by atoms with Crippen LogP contribution >= 0.6 is 0 Å². The number of nitrogens with zero attached hydrogens (tertiary/aromatic N) is 1. The number of rotatable bonds is 5. The number of aliphatic hydroxyl groups is 1. The summed E-state index contributed by atoms with van der Waals surface area (Å²) >= 11 is 0. The minimum Gasteiger partial charge on any atom is -0.464 e. The van der Waals surface area contributed by atoms with Gasteiger partial charge in [-0.05, 0) is 20.0 Å². The maximum atomic E-state index is 12.2. The number of furan rings is 1. The minimum atomic E-state index is -0.0351. The van der Waals surface area contributed by atoms with Crippen LogP contribution in [-0.2, 0) is 0 Å². The first-order valence-electron chi connectivity index (χ1n) is 5.94. The second-order valence-electron chi connectivity index (χ2n) is 4.52. The molecule has 1 aromatic heterocycles. The average molecular weight is 247 g/mol. The third-order valence-corrected chi connectivity index (χ3v) is 3.19. The zero-order chi connectivity index (χ0) is 13.1. The summed E-state index contributed by atoms with van der Waals surface area (Å²) in [5.74, 6) is 0.00255. The quantitative estimate of drug-likeness (QED) is 0.820. The van der Waals surface area contributed by atoms with Crippen LogP contribution in [0.5, 0.6) is 0 Å². The molecule has 0 aliphatic carbocycles. The number of fused-ring (bicyclic) bond motifs is 1. The number of ketones is 1. The largest absolute Gasteiger partial charge is 0.464 e. The van der Waals surface area contributed by atoms with Crippen molar-refractivity contribution in [2.45, 2.75) is 13.0 Å². The standard InChI is InChI=1S/C14H17NO3/c1-10(8-16)15(2)7-13(17)12-9-18-14-6-4-3-5-11(12)14/h3-6,9-10,16H,7-8H2,1-2H3. The summed E-state index contributed by atoms with van der Waals surface area (Å²) in [6.07, 6.45) is 1.50. The molecule has 1 atom stereocenters. The van der Waals surface area contributed by atoms with E-state index in [1.54, 1.807) is 0 Å². The number of hydrogen-bond donors (Lipinski definition) is 1. The molecule has 1 heterocycles. The molecule has 2 rings (SSSR count). The van der Waals surface area contributed by atoms with E-state index in [4.69, 9.17) is 9.52 Å². The van der Waals surface area contributed by atoms with E-state index in [0.29, 0.717) is 5.56 Å². The van der Waals surface area contributed by atoms with E-state index in [9.17, 15) is 4.79 Å². The van der Waals surface area contributed by atoms with Gasteiger partial charge in [0.25, 0.3) is 0 Å². The Hall–Kier alpha value is -1.65. The lowest BCUT2D eigenvalue weighted by atomic mass is 10.1. The highest BCUT2D eigenvalue weighted by molar-refractivity contribution is 6.08. The summed E-state index contributed by atoms with van der Waals surface area (Å²) in [6.45, 7) is 2.18. The van der Waals surface area contributed by atoms with Crippen LogP contribution in [0.3, 0.4) is 0 Å². The molecule has 96 valence electrons. The molecule has 0 spiro atoms. The normalized spacial score (nSPS) is 13.1. The Morgan fingerprint density at radius 1 is 1.44 bits per heavy atom. The van der Waals surface area contributed by atoms with E-state index < -0.39 is 0 Å². The summed E-state index contributed by atoms with van der Waals surface area (Å²) in [7, 11) is 1.82. The number of hydrogen-bond acceptors (Lipinski definition) is 4. The molecule has 0 fully saturated rings. The molecule has 1 N–H and O–H groups in total. The molecule has 2 aromatic rings. The van der Waals surface area contributed by atoms with E-state index in [1.165, 1.54) is 6.26 Å². The van der Waals surface area contributed by atoms with E-state index in [0.717, 1.165) is 11.0 Å². The van der Waals surface area contributed by atoms with Crippen LogP contribution in [0.15, 0.2) is 34.9 Å². The molecule has 0 bridgehead atoms. The highest BCUT2D eigenvalue weighted by atomic mass is 16.3. The zero-order valence-corrected chi connectivity index (χ0v) is 10.6. The summed E-state index contributed by atoms with van der Waals surface area (Å²) < 4.78 is 5.35.